The number of aliphatic carboxylic acids is 2. The molecule has 0 spiro atoms. The van der Waals surface area contributed by atoms with Gasteiger partial charge < -0.3 is 30.1 Å². The monoisotopic (exact) mass is 375 g/mol. The van der Waals surface area contributed by atoms with Crippen LogP contribution in [0, 0.1) is 0 Å². The SMILES string of the molecule is CCCc1c2c(cc3c1N(CC)C(C(=O)O)=CC3O)C(O)C=C(C(=O)O)O2. The number of rotatable bonds is 5. The second-order valence-electron chi connectivity index (χ2n) is 6.39. The van der Waals surface area contributed by atoms with Crippen molar-refractivity contribution < 1.29 is 34.8 Å². The molecule has 0 radical (unpaired) electrons. The van der Waals surface area contributed by atoms with Crippen LogP contribution in [0.1, 0.15) is 49.2 Å². The Bertz CT molecular complexity index is 871. The molecule has 2 heterocycles. The predicted octanol–water partition coefficient (Wildman–Crippen LogP) is 1.88. The molecule has 0 fully saturated rings. The number of likely N-dealkylation sites (N-methyl/N-ethyl adjacent to an activating group) is 1. The molecule has 0 aliphatic carbocycles. The van der Waals surface area contributed by atoms with E-state index < -0.39 is 24.1 Å². The molecule has 8 heteroatoms. The van der Waals surface area contributed by atoms with E-state index in [9.17, 15) is 30.0 Å². The molecule has 0 saturated carbocycles. The molecule has 0 bridgehead atoms. The Morgan fingerprint density at radius 2 is 1.74 bits per heavy atom. The largest absolute Gasteiger partial charge is 0.477 e. The van der Waals surface area contributed by atoms with Crippen molar-refractivity contribution in [2.24, 2.45) is 0 Å². The van der Waals surface area contributed by atoms with Gasteiger partial charge in [-0.1, -0.05) is 13.3 Å². The number of carboxylic acid groups (broad SMARTS) is 2. The molecule has 8 nitrogen and oxygen atoms in total. The third-order valence-electron chi connectivity index (χ3n) is 4.69. The first-order valence-electron chi connectivity index (χ1n) is 8.71. The fourth-order valence-electron chi connectivity index (χ4n) is 3.58. The van der Waals surface area contributed by atoms with E-state index in [1.165, 1.54) is 6.08 Å². The fraction of sp³-hybridized carbons (Fsp3) is 0.368. The van der Waals surface area contributed by atoms with Crippen LogP contribution in [0.15, 0.2) is 29.7 Å². The Morgan fingerprint density at radius 3 is 2.30 bits per heavy atom. The molecule has 2 unspecified atom stereocenters. The Labute approximate surface area is 155 Å². The van der Waals surface area contributed by atoms with Gasteiger partial charge in [0.1, 0.15) is 23.7 Å². The summed E-state index contributed by atoms with van der Waals surface area (Å²) >= 11 is 0. The van der Waals surface area contributed by atoms with Crippen LogP contribution in [0.3, 0.4) is 0 Å². The van der Waals surface area contributed by atoms with Gasteiger partial charge in [0.25, 0.3) is 0 Å². The summed E-state index contributed by atoms with van der Waals surface area (Å²) in [6, 6.07) is 1.55. The van der Waals surface area contributed by atoms with Gasteiger partial charge in [-0.25, -0.2) is 9.59 Å². The van der Waals surface area contributed by atoms with E-state index in [0.29, 0.717) is 41.8 Å². The molecule has 0 aromatic heterocycles. The number of benzene rings is 1. The first-order chi connectivity index (χ1) is 12.8. The third-order valence-corrected chi connectivity index (χ3v) is 4.69. The van der Waals surface area contributed by atoms with Crippen molar-refractivity contribution in [1.82, 2.24) is 0 Å². The highest BCUT2D eigenvalue weighted by Gasteiger charge is 2.36. The Kier molecular flexibility index (Phi) is 4.95. The number of fused-ring (bicyclic) bond motifs is 2. The van der Waals surface area contributed by atoms with Gasteiger partial charge in [0.15, 0.2) is 0 Å². The molecular formula is C19H21NO7. The lowest BCUT2D eigenvalue weighted by molar-refractivity contribution is -0.135. The summed E-state index contributed by atoms with van der Waals surface area (Å²) in [6.07, 6.45) is 1.12. The van der Waals surface area contributed by atoms with Crippen molar-refractivity contribution in [3.63, 3.8) is 0 Å². The summed E-state index contributed by atoms with van der Waals surface area (Å²) < 4.78 is 5.56. The molecule has 2 aliphatic rings. The van der Waals surface area contributed by atoms with Crippen molar-refractivity contribution in [1.29, 1.82) is 0 Å². The maximum atomic E-state index is 11.7. The van der Waals surface area contributed by atoms with E-state index in [-0.39, 0.29) is 17.2 Å². The van der Waals surface area contributed by atoms with E-state index in [1.54, 1.807) is 17.9 Å². The van der Waals surface area contributed by atoms with Gasteiger partial charge in [0.05, 0.1) is 5.69 Å². The smallest absolute Gasteiger partial charge is 0.371 e. The van der Waals surface area contributed by atoms with Gasteiger partial charge in [-0.05, 0) is 31.6 Å². The molecule has 144 valence electrons. The predicted molar refractivity (Wildman–Crippen MR) is 95.4 cm³/mol. The summed E-state index contributed by atoms with van der Waals surface area (Å²) in [5, 5.41) is 39.7. The van der Waals surface area contributed by atoms with Gasteiger partial charge >= 0.3 is 11.9 Å². The molecule has 2 atom stereocenters. The van der Waals surface area contributed by atoms with Crippen LogP contribution in [-0.2, 0) is 16.0 Å². The molecule has 1 aromatic carbocycles. The van der Waals surface area contributed by atoms with Crippen LogP contribution in [0.25, 0.3) is 0 Å². The van der Waals surface area contributed by atoms with Crippen LogP contribution in [0.5, 0.6) is 5.75 Å². The molecule has 0 saturated heterocycles. The quantitative estimate of drug-likeness (QED) is 0.614. The second kappa shape index (κ2) is 7.05. The maximum absolute atomic E-state index is 11.7. The van der Waals surface area contributed by atoms with Gasteiger partial charge in [0.2, 0.25) is 5.76 Å². The first kappa shape index (κ1) is 18.9. The summed E-state index contributed by atoms with van der Waals surface area (Å²) in [4.78, 5) is 24.6. The number of nitrogens with zero attached hydrogens (tertiary/aromatic N) is 1. The zero-order valence-corrected chi connectivity index (χ0v) is 15.0. The summed E-state index contributed by atoms with van der Waals surface area (Å²) in [5.41, 5.74) is 1.82. The molecule has 4 N–H and O–H groups in total. The molecule has 3 rings (SSSR count). The first-order valence-corrected chi connectivity index (χ1v) is 8.71. The van der Waals surface area contributed by atoms with Crippen molar-refractivity contribution in [3.8, 4) is 5.75 Å². The Hall–Kier alpha value is -2.84. The number of aliphatic hydroxyl groups excluding tert-OH is 2. The van der Waals surface area contributed by atoms with Gasteiger partial charge in [-0.3, -0.25) is 0 Å². The number of aliphatic hydroxyl groups is 2. The number of anilines is 1. The number of ether oxygens (including phenoxy) is 1. The zero-order valence-electron chi connectivity index (χ0n) is 15.0. The average molecular weight is 375 g/mol. The minimum Gasteiger partial charge on any atom is -0.477 e. The lowest BCUT2D eigenvalue weighted by Gasteiger charge is -2.36. The highest BCUT2D eigenvalue weighted by atomic mass is 16.5. The summed E-state index contributed by atoms with van der Waals surface area (Å²) in [5.74, 6) is -2.66. The van der Waals surface area contributed by atoms with Crippen molar-refractivity contribution >= 4 is 17.6 Å². The normalized spacial score (nSPS) is 20.8. The molecule has 2 aliphatic heterocycles. The van der Waals surface area contributed by atoms with Gasteiger partial charge in [-0.2, -0.15) is 0 Å². The number of hydrogen-bond acceptors (Lipinski definition) is 6. The van der Waals surface area contributed by atoms with Crippen LogP contribution in [0.2, 0.25) is 0 Å². The zero-order chi connectivity index (χ0) is 19.9. The minimum atomic E-state index is -1.31. The number of hydrogen-bond donors (Lipinski definition) is 4. The van der Waals surface area contributed by atoms with E-state index >= 15 is 0 Å². The van der Waals surface area contributed by atoms with Gasteiger partial charge in [-0.15, -0.1) is 0 Å². The molecule has 1 aromatic rings. The van der Waals surface area contributed by atoms with Crippen LogP contribution in [-0.4, -0.2) is 38.9 Å². The summed E-state index contributed by atoms with van der Waals surface area (Å²) in [6.45, 7) is 4.03. The van der Waals surface area contributed by atoms with Crippen LogP contribution in [0.4, 0.5) is 5.69 Å². The van der Waals surface area contributed by atoms with E-state index in [2.05, 4.69) is 0 Å². The van der Waals surface area contributed by atoms with E-state index in [0.717, 1.165) is 6.08 Å². The van der Waals surface area contributed by atoms with Gasteiger partial charge in [0, 0.05) is 23.2 Å². The highest BCUT2D eigenvalue weighted by molar-refractivity contribution is 5.94. The lowest BCUT2D eigenvalue weighted by Crippen LogP contribution is -2.33. The van der Waals surface area contributed by atoms with E-state index in [4.69, 9.17) is 4.74 Å². The molecule has 0 amide bonds. The maximum Gasteiger partial charge on any atom is 0.371 e. The van der Waals surface area contributed by atoms with E-state index in [1.807, 2.05) is 6.92 Å². The Morgan fingerprint density at radius 1 is 1.07 bits per heavy atom. The van der Waals surface area contributed by atoms with Crippen molar-refractivity contribution in [2.45, 2.75) is 38.9 Å². The standard InChI is InChI=1S/C19H21NO7/c1-3-5-9-16-10(13(21)7-12(18(23)24)20(16)4-2)6-11-14(22)8-15(19(25)26)27-17(9)11/h6-8,13-14,21-22H,3-5H2,1-2H3,(H,23,24)(H,25,26). The average Bonchev–Trinajstić information content (AvgIpc) is 2.62. The Balaban J connectivity index is 2.28. The highest BCUT2D eigenvalue weighted by Crippen LogP contribution is 2.48. The number of carbonyl (C=O) groups is 2. The van der Waals surface area contributed by atoms with Crippen molar-refractivity contribution in [3.05, 3.63) is 46.4 Å². The topological polar surface area (TPSA) is 128 Å². The third kappa shape index (κ3) is 3.07. The summed E-state index contributed by atoms with van der Waals surface area (Å²) in [7, 11) is 0. The van der Waals surface area contributed by atoms with Crippen molar-refractivity contribution in [2.75, 3.05) is 11.4 Å². The van der Waals surface area contributed by atoms with Crippen LogP contribution >= 0.6 is 0 Å². The molecule has 27 heavy (non-hydrogen) atoms. The lowest BCUT2D eigenvalue weighted by atomic mass is 9.88. The number of carboxylic acids is 2. The second-order valence-corrected chi connectivity index (χ2v) is 6.39. The molecular weight excluding hydrogens is 354 g/mol. The van der Waals surface area contributed by atoms with Crippen LogP contribution < -0.4 is 9.64 Å². The minimum absolute atomic E-state index is 0.0554. The fourth-order valence-corrected chi connectivity index (χ4v) is 3.58.